The molecule has 2 unspecified atom stereocenters. The smallest absolute Gasteiger partial charge is 0.435 e. The molecule has 2 aromatic rings. The summed E-state index contributed by atoms with van der Waals surface area (Å²) in [5.74, 6) is -0.972. The van der Waals surface area contributed by atoms with Gasteiger partial charge in [-0.15, -0.1) is 0 Å². The number of aliphatic carboxylic acids is 1. The van der Waals surface area contributed by atoms with Crippen molar-refractivity contribution in [2.75, 3.05) is 46.4 Å². The highest BCUT2D eigenvalue weighted by Crippen LogP contribution is 2.44. The Morgan fingerprint density at radius 2 is 1.83 bits per heavy atom. The lowest BCUT2D eigenvalue weighted by atomic mass is 9.73. The molecule has 1 N–H and O–H groups in total. The average molecular weight is 581 g/mol. The molecule has 1 aliphatic carbocycles. The molecule has 0 amide bonds. The molecule has 41 heavy (non-hydrogen) atoms. The third-order valence-corrected chi connectivity index (χ3v) is 9.56. The molecule has 1 aromatic carbocycles. The molecule has 0 spiro atoms. The first-order valence-electron chi connectivity index (χ1n) is 14.6. The van der Waals surface area contributed by atoms with Crippen LogP contribution in [0, 0.1) is 17.2 Å². The van der Waals surface area contributed by atoms with E-state index >= 15 is 0 Å². The van der Waals surface area contributed by atoms with Crippen molar-refractivity contribution in [2.24, 2.45) is 18.4 Å². The van der Waals surface area contributed by atoms with Gasteiger partial charge >= 0.3 is 12.1 Å². The predicted molar refractivity (Wildman–Crippen MR) is 145 cm³/mol. The van der Waals surface area contributed by atoms with Crippen molar-refractivity contribution in [1.82, 2.24) is 19.6 Å². The number of likely N-dealkylation sites (tertiary alicyclic amines) is 2. The fraction of sp³-hybridized carbons (Fsp3) is 0.667. The number of hydrogen-bond acceptors (Lipinski definition) is 5. The first-order valence-corrected chi connectivity index (χ1v) is 14.6. The van der Waals surface area contributed by atoms with E-state index in [4.69, 9.17) is 4.74 Å². The summed E-state index contributed by atoms with van der Waals surface area (Å²) >= 11 is 0. The standard InChI is InChI=1S/C30H40F4N4O3/c1-36-27(41-2)25(26(35-36)30(32,33)34)20-9-13-37(14-10-20)16-22-17-38(18-24(22)21-7-6-8-23(31)15-21)19-29(28(39)40)11-4-3-5-12-29/h6-8,15,20,22,24H,3-5,9-14,16-19H2,1-2H3,(H,39,40). The van der Waals surface area contributed by atoms with Crippen LogP contribution >= 0.6 is 0 Å². The number of nitrogens with zero attached hydrogens (tertiary/aromatic N) is 4. The Morgan fingerprint density at radius 3 is 2.44 bits per heavy atom. The molecule has 11 heteroatoms. The number of methoxy groups -OCH3 is 1. The summed E-state index contributed by atoms with van der Waals surface area (Å²) in [5, 5.41) is 13.9. The molecule has 0 radical (unpaired) electrons. The summed E-state index contributed by atoms with van der Waals surface area (Å²) in [6.45, 7) is 3.86. The number of carboxylic acid groups (broad SMARTS) is 1. The van der Waals surface area contributed by atoms with Crippen molar-refractivity contribution in [3.8, 4) is 5.88 Å². The maximum absolute atomic E-state index is 14.2. The van der Waals surface area contributed by atoms with Crippen LogP contribution in [0.2, 0.25) is 0 Å². The summed E-state index contributed by atoms with van der Waals surface area (Å²) < 4.78 is 62.1. The lowest BCUT2D eigenvalue weighted by Crippen LogP contribution is -2.44. The third kappa shape index (κ3) is 6.26. The van der Waals surface area contributed by atoms with Crippen LogP contribution < -0.4 is 4.74 Å². The molecule has 5 rings (SSSR count). The van der Waals surface area contributed by atoms with Crippen molar-refractivity contribution >= 4 is 5.97 Å². The van der Waals surface area contributed by atoms with Crippen molar-refractivity contribution < 1.29 is 32.2 Å². The molecule has 3 aliphatic rings. The Bertz CT molecular complexity index is 1220. The number of ether oxygens (including phenoxy) is 1. The van der Waals surface area contributed by atoms with E-state index in [1.54, 1.807) is 12.1 Å². The van der Waals surface area contributed by atoms with Gasteiger partial charge in [-0.25, -0.2) is 9.07 Å². The van der Waals surface area contributed by atoms with Crippen LogP contribution in [-0.2, 0) is 18.0 Å². The second-order valence-electron chi connectivity index (χ2n) is 12.2. The van der Waals surface area contributed by atoms with E-state index in [1.807, 2.05) is 6.07 Å². The number of piperidine rings is 1. The van der Waals surface area contributed by atoms with Gasteiger partial charge < -0.3 is 19.6 Å². The van der Waals surface area contributed by atoms with E-state index in [0.717, 1.165) is 36.1 Å². The van der Waals surface area contributed by atoms with E-state index < -0.39 is 23.3 Å². The van der Waals surface area contributed by atoms with Gasteiger partial charge in [0.05, 0.1) is 12.5 Å². The van der Waals surface area contributed by atoms with Gasteiger partial charge in [0.15, 0.2) is 5.69 Å². The van der Waals surface area contributed by atoms with Gasteiger partial charge in [-0.2, -0.15) is 18.3 Å². The van der Waals surface area contributed by atoms with E-state index in [1.165, 1.54) is 20.2 Å². The Labute approximate surface area is 238 Å². The largest absolute Gasteiger partial charge is 0.481 e. The summed E-state index contributed by atoms with van der Waals surface area (Å²) in [7, 11) is 2.84. The molecule has 1 aromatic heterocycles. The average Bonchev–Trinajstić information content (AvgIpc) is 3.49. The van der Waals surface area contributed by atoms with Crippen LogP contribution in [0.25, 0.3) is 0 Å². The molecule has 7 nitrogen and oxygen atoms in total. The highest BCUT2D eigenvalue weighted by molar-refractivity contribution is 5.75. The molecular weight excluding hydrogens is 540 g/mol. The zero-order valence-corrected chi connectivity index (χ0v) is 23.8. The third-order valence-electron chi connectivity index (χ3n) is 9.56. The normalized spacial score (nSPS) is 24.5. The molecule has 3 fully saturated rings. The second kappa shape index (κ2) is 11.9. The number of rotatable bonds is 8. The lowest BCUT2D eigenvalue weighted by molar-refractivity contribution is -0.152. The number of aryl methyl sites for hydroxylation is 1. The SMILES string of the molecule is COc1c(C2CCN(CC3CN(CC4(C(=O)O)CCCCC4)CC3c3cccc(F)c3)CC2)c(C(F)(F)F)nn1C. The minimum Gasteiger partial charge on any atom is -0.481 e. The van der Waals surface area contributed by atoms with E-state index in [-0.39, 0.29) is 35.0 Å². The fourth-order valence-electron chi connectivity index (χ4n) is 7.57. The molecule has 2 aliphatic heterocycles. The van der Waals surface area contributed by atoms with Crippen molar-refractivity contribution in [3.63, 3.8) is 0 Å². The molecular formula is C30H40F4N4O3. The maximum Gasteiger partial charge on any atom is 0.435 e. The Hall–Kier alpha value is -2.66. The molecule has 2 atom stereocenters. The number of benzene rings is 1. The zero-order valence-electron chi connectivity index (χ0n) is 23.8. The summed E-state index contributed by atoms with van der Waals surface area (Å²) in [6, 6.07) is 6.67. The van der Waals surface area contributed by atoms with Gasteiger partial charge in [0.1, 0.15) is 5.82 Å². The Balaban J connectivity index is 1.30. The maximum atomic E-state index is 14.2. The highest BCUT2D eigenvalue weighted by Gasteiger charge is 2.45. The topological polar surface area (TPSA) is 70.8 Å². The number of carbonyl (C=O) groups is 1. The minimum absolute atomic E-state index is 0.0492. The Kier molecular flexibility index (Phi) is 8.66. The van der Waals surface area contributed by atoms with Crippen LogP contribution in [0.5, 0.6) is 5.88 Å². The first kappa shape index (κ1) is 29.8. The molecule has 226 valence electrons. The zero-order chi connectivity index (χ0) is 29.4. The molecule has 0 bridgehead atoms. The van der Waals surface area contributed by atoms with E-state index in [2.05, 4.69) is 14.9 Å². The quantitative estimate of drug-likeness (QED) is 0.415. The number of alkyl halides is 3. The van der Waals surface area contributed by atoms with Crippen LogP contribution in [-0.4, -0.2) is 77.0 Å². The van der Waals surface area contributed by atoms with Crippen molar-refractivity contribution in [2.45, 2.75) is 63.0 Å². The Morgan fingerprint density at radius 1 is 1.12 bits per heavy atom. The van der Waals surface area contributed by atoms with Crippen LogP contribution in [0.15, 0.2) is 24.3 Å². The van der Waals surface area contributed by atoms with Crippen molar-refractivity contribution in [1.29, 1.82) is 0 Å². The van der Waals surface area contributed by atoms with Gasteiger partial charge in [-0.1, -0.05) is 31.4 Å². The van der Waals surface area contributed by atoms with E-state index in [0.29, 0.717) is 58.4 Å². The van der Waals surface area contributed by atoms with Crippen LogP contribution in [0.3, 0.4) is 0 Å². The van der Waals surface area contributed by atoms with Gasteiger partial charge in [0.2, 0.25) is 5.88 Å². The van der Waals surface area contributed by atoms with Gasteiger partial charge in [0.25, 0.3) is 0 Å². The van der Waals surface area contributed by atoms with E-state index in [9.17, 15) is 27.5 Å². The monoisotopic (exact) mass is 580 g/mol. The summed E-state index contributed by atoms with van der Waals surface area (Å²) in [4.78, 5) is 16.9. The lowest BCUT2D eigenvalue weighted by Gasteiger charge is -2.37. The molecule has 2 saturated heterocycles. The van der Waals surface area contributed by atoms with Crippen LogP contribution in [0.4, 0.5) is 17.6 Å². The fourth-order valence-corrected chi connectivity index (χ4v) is 7.57. The predicted octanol–water partition coefficient (Wildman–Crippen LogP) is 5.52. The molecule has 3 heterocycles. The van der Waals surface area contributed by atoms with Gasteiger partial charge in [-0.3, -0.25) is 4.79 Å². The summed E-state index contributed by atoms with van der Waals surface area (Å²) in [6.07, 6.45) is 0.807. The van der Waals surface area contributed by atoms with Crippen LogP contribution in [0.1, 0.15) is 73.6 Å². The van der Waals surface area contributed by atoms with Gasteiger partial charge in [0, 0.05) is 44.7 Å². The highest BCUT2D eigenvalue weighted by atomic mass is 19.4. The molecule has 1 saturated carbocycles. The second-order valence-corrected chi connectivity index (χ2v) is 12.2. The van der Waals surface area contributed by atoms with Gasteiger partial charge in [-0.05, 0) is 68.3 Å². The number of aromatic nitrogens is 2. The summed E-state index contributed by atoms with van der Waals surface area (Å²) in [5.41, 5.74) is -0.562. The number of halogens is 4. The number of hydrogen-bond donors (Lipinski definition) is 1. The first-order chi connectivity index (χ1) is 19.5. The minimum atomic E-state index is -4.56. The number of carboxylic acids is 1. The van der Waals surface area contributed by atoms with Crippen molar-refractivity contribution in [3.05, 3.63) is 46.9 Å².